The maximum atomic E-state index is 10.3. The monoisotopic (exact) mass is 176 g/mol. The van der Waals surface area contributed by atoms with Crippen LogP contribution in [0.2, 0.25) is 0 Å². The topological polar surface area (TPSA) is 66.8 Å². The van der Waals surface area contributed by atoms with Crippen molar-refractivity contribution in [1.82, 2.24) is 0 Å². The Morgan fingerprint density at radius 2 is 1.83 bits per heavy atom. The molecule has 0 aromatic rings. The highest BCUT2D eigenvalue weighted by molar-refractivity contribution is 5.72. The molecule has 0 aromatic carbocycles. The standard InChI is InChI=1S/C8H16O4/c1-5(6(9)7(10)11)12-8(2,3)4/h5-6,9H,1-4H3,(H,10,11)/t5-,6-/m0/s1. The Hall–Kier alpha value is -0.610. The highest BCUT2D eigenvalue weighted by Gasteiger charge is 2.26. The Balaban J connectivity index is 4.04. The van der Waals surface area contributed by atoms with Crippen LogP contribution >= 0.6 is 0 Å². The maximum Gasteiger partial charge on any atom is 0.335 e. The molecule has 0 unspecified atom stereocenters. The van der Waals surface area contributed by atoms with Gasteiger partial charge in [-0.05, 0) is 27.7 Å². The summed E-state index contributed by atoms with van der Waals surface area (Å²) in [4.78, 5) is 10.3. The molecule has 2 N–H and O–H groups in total. The summed E-state index contributed by atoms with van der Waals surface area (Å²) in [7, 11) is 0. The van der Waals surface area contributed by atoms with Crippen molar-refractivity contribution in [1.29, 1.82) is 0 Å². The van der Waals surface area contributed by atoms with Crippen LogP contribution in [0.5, 0.6) is 0 Å². The summed E-state index contributed by atoms with van der Waals surface area (Å²) >= 11 is 0. The first-order valence-electron chi connectivity index (χ1n) is 3.83. The molecule has 0 saturated carbocycles. The van der Waals surface area contributed by atoms with Crippen molar-refractivity contribution in [3.05, 3.63) is 0 Å². The van der Waals surface area contributed by atoms with Crippen LogP contribution in [0.25, 0.3) is 0 Å². The molecule has 0 heterocycles. The molecule has 0 radical (unpaired) electrons. The Bertz CT molecular complexity index is 159. The predicted molar refractivity (Wildman–Crippen MR) is 43.9 cm³/mol. The molecular formula is C8H16O4. The second-order valence-corrected chi connectivity index (χ2v) is 3.72. The zero-order valence-electron chi connectivity index (χ0n) is 7.87. The van der Waals surface area contributed by atoms with E-state index in [1.807, 2.05) is 0 Å². The summed E-state index contributed by atoms with van der Waals surface area (Å²) in [6.07, 6.45) is -2.15. The van der Waals surface area contributed by atoms with Crippen molar-refractivity contribution in [2.24, 2.45) is 0 Å². The van der Waals surface area contributed by atoms with Gasteiger partial charge in [-0.2, -0.15) is 0 Å². The molecule has 2 atom stereocenters. The van der Waals surface area contributed by atoms with Gasteiger partial charge < -0.3 is 14.9 Å². The van der Waals surface area contributed by atoms with Crippen LogP contribution in [0.4, 0.5) is 0 Å². The number of hydrogen-bond acceptors (Lipinski definition) is 3. The van der Waals surface area contributed by atoms with Gasteiger partial charge in [-0.1, -0.05) is 0 Å². The quantitative estimate of drug-likeness (QED) is 0.662. The molecule has 0 aromatic heterocycles. The fourth-order valence-electron chi connectivity index (χ4n) is 0.823. The highest BCUT2D eigenvalue weighted by atomic mass is 16.5. The molecular weight excluding hydrogens is 160 g/mol. The Morgan fingerprint density at radius 3 is 2.08 bits per heavy atom. The number of ether oxygens (including phenoxy) is 1. The van der Waals surface area contributed by atoms with E-state index in [2.05, 4.69) is 0 Å². The lowest BCUT2D eigenvalue weighted by Gasteiger charge is -2.26. The average Bonchev–Trinajstić information content (AvgIpc) is 1.82. The van der Waals surface area contributed by atoms with Crippen LogP contribution in [0.15, 0.2) is 0 Å². The zero-order valence-corrected chi connectivity index (χ0v) is 7.87. The van der Waals surface area contributed by atoms with E-state index in [1.54, 1.807) is 20.8 Å². The third-order valence-corrected chi connectivity index (χ3v) is 1.24. The summed E-state index contributed by atoms with van der Waals surface area (Å²) in [5, 5.41) is 17.5. The van der Waals surface area contributed by atoms with Crippen molar-refractivity contribution in [3.8, 4) is 0 Å². The lowest BCUT2D eigenvalue weighted by Crippen LogP contribution is -2.38. The fraction of sp³-hybridized carbons (Fsp3) is 0.875. The van der Waals surface area contributed by atoms with E-state index in [0.717, 1.165) is 0 Å². The maximum absolute atomic E-state index is 10.3. The third kappa shape index (κ3) is 4.31. The molecule has 12 heavy (non-hydrogen) atoms. The fourth-order valence-corrected chi connectivity index (χ4v) is 0.823. The van der Waals surface area contributed by atoms with Gasteiger partial charge in [0, 0.05) is 0 Å². The summed E-state index contributed by atoms with van der Waals surface area (Å²) in [5.41, 5.74) is -0.435. The molecule has 0 bridgehead atoms. The van der Waals surface area contributed by atoms with Crippen molar-refractivity contribution >= 4 is 5.97 Å². The van der Waals surface area contributed by atoms with Gasteiger partial charge in [-0.25, -0.2) is 4.79 Å². The lowest BCUT2D eigenvalue weighted by atomic mass is 10.1. The van der Waals surface area contributed by atoms with E-state index < -0.39 is 23.8 Å². The summed E-state index contributed by atoms with van der Waals surface area (Å²) in [6.45, 7) is 6.94. The SMILES string of the molecule is C[C@H](OC(C)(C)C)[C@H](O)C(=O)O. The van der Waals surface area contributed by atoms with Crippen LogP contribution in [0.3, 0.4) is 0 Å². The van der Waals surface area contributed by atoms with Crippen molar-refractivity contribution < 1.29 is 19.7 Å². The van der Waals surface area contributed by atoms with E-state index in [0.29, 0.717) is 0 Å². The number of hydrogen-bond donors (Lipinski definition) is 2. The van der Waals surface area contributed by atoms with E-state index in [4.69, 9.17) is 14.9 Å². The van der Waals surface area contributed by atoms with Crippen LogP contribution in [0, 0.1) is 0 Å². The molecule has 0 aliphatic rings. The van der Waals surface area contributed by atoms with Crippen LogP contribution < -0.4 is 0 Å². The third-order valence-electron chi connectivity index (χ3n) is 1.24. The number of aliphatic hydroxyl groups excluding tert-OH is 1. The predicted octanol–water partition coefficient (Wildman–Crippen LogP) is 0.635. The van der Waals surface area contributed by atoms with Gasteiger partial charge in [0.1, 0.15) is 0 Å². The average molecular weight is 176 g/mol. The number of rotatable bonds is 3. The Morgan fingerprint density at radius 1 is 1.42 bits per heavy atom. The van der Waals surface area contributed by atoms with Crippen LogP contribution in [-0.4, -0.2) is 34.0 Å². The molecule has 4 heteroatoms. The van der Waals surface area contributed by atoms with Gasteiger partial charge in [-0.15, -0.1) is 0 Å². The number of aliphatic hydroxyl groups is 1. The number of carboxylic acid groups (broad SMARTS) is 1. The smallest absolute Gasteiger partial charge is 0.335 e. The number of carboxylic acids is 1. The van der Waals surface area contributed by atoms with E-state index in [9.17, 15) is 4.79 Å². The van der Waals surface area contributed by atoms with E-state index >= 15 is 0 Å². The van der Waals surface area contributed by atoms with Crippen molar-refractivity contribution in [2.45, 2.75) is 45.5 Å². The van der Waals surface area contributed by atoms with Gasteiger partial charge in [0.25, 0.3) is 0 Å². The van der Waals surface area contributed by atoms with Crippen LogP contribution in [0.1, 0.15) is 27.7 Å². The van der Waals surface area contributed by atoms with Gasteiger partial charge in [0.15, 0.2) is 6.10 Å². The summed E-state index contributed by atoms with van der Waals surface area (Å²) in [6, 6.07) is 0. The first-order chi connectivity index (χ1) is 5.24. The normalized spacial score (nSPS) is 17.1. The largest absolute Gasteiger partial charge is 0.479 e. The summed E-state index contributed by atoms with van der Waals surface area (Å²) in [5.74, 6) is -1.26. The first kappa shape index (κ1) is 11.4. The second kappa shape index (κ2) is 3.87. The molecule has 0 rings (SSSR count). The molecule has 0 spiro atoms. The lowest BCUT2D eigenvalue weighted by molar-refractivity contribution is -0.161. The van der Waals surface area contributed by atoms with E-state index in [-0.39, 0.29) is 0 Å². The first-order valence-corrected chi connectivity index (χ1v) is 3.83. The minimum Gasteiger partial charge on any atom is -0.479 e. The van der Waals surface area contributed by atoms with Gasteiger partial charge >= 0.3 is 5.97 Å². The number of aliphatic carboxylic acids is 1. The molecule has 4 nitrogen and oxygen atoms in total. The molecule has 0 aliphatic carbocycles. The molecule has 0 fully saturated rings. The summed E-state index contributed by atoms with van der Waals surface area (Å²) < 4.78 is 5.23. The Kier molecular flexibility index (Phi) is 3.67. The van der Waals surface area contributed by atoms with Gasteiger partial charge in [-0.3, -0.25) is 0 Å². The molecule has 0 amide bonds. The van der Waals surface area contributed by atoms with Crippen molar-refractivity contribution in [3.63, 3.8) is 0 Å². The van der Waals surface area contributed by atoms with E-state index in [1.165, 1.54) is 6.92 Å². The zero-order chi connectivity index (χ0) is 9.94. The minimum atomic E-state index is -1.45. The highest BCUT2D eigenvalue weighted by Crippen LogP contribution is 2.12. The molecule has 0 saturated heterocycles. The number of carbonyl (C=O) groups is 1. The van der Waals surface area contributed by atoms with Gasteiger partial charge in [0.2, 0.25) is 0 Å². The van der Waals surface area contributed by atoms with Crippen molar-refractivity contribution in [2.75, 3.05) is 0 Å². The molecule has 72 valence electrons. The Labute approximate surface area is 72.2 Å². The minimum absolute atomic E-state index is 0.435. The second-order valence-electron chi connectivity index (χ2n) is 3.72. The molecule has 0 aliphatic heterocycles. The van der Waals surface area contributed by atoms with Gasteiger partial charge in [0.05, 0.1) is 11.7 Å². The van der Waals surface area contributed by atoms with Crippen LogP contribution in [-0.2, 0) is 9.53 Å².